The average molecular weight is 624 g/mol. The molecule has 0 unspecified atom stereocenters. The van der Waals surface area contributed by atoms with E-state index >= 15 is 0 Å². The molecule has 0 atom stereocenters. The van der Waals surface area contributed by atoms with Gasteiger partial charge in [0.25, 0.3) is 0 Å². The highest BCUT2D eigenvalue weighted by atomic mass is 16.3. The van der Waals surface area contributed by atoms with Gasteiger partial charge in [-0.2, -0.15) is 0 Å². The van der Waals surface area contributed by atoms with Gasteiger partial charge in [0.1, 0.15) is 11.3 Å². The van der Waals surface area contributed by atoms with Gasteiger partial charge >= 0.3 is 0 Å². The van der Waals surface area contributed by atoms with Gasteiger partial charge in [-0.05, 0) is 78.0 Å². The molecule has 234 valence electrons. The van der Waals surface area contributed by atoms with Crippen LogP contribution in [0.1, 0.15) is 66.2 Å². The van der Waals surface area contributed by atoms with E-state index in [9.17, 15) is 0 Å². The zero-order chi connectivity index (χ0) is 32.3. The van der Waals surface area contributed by atoms with E-state index in [1.165, 1.54) is 27.8 Å². The highest BCUT2D eigenvalue weighted by Crippen LogP contribution is 2.45. The molecule has 0 amide bonds. The Kier molecular flexibility index (Phi) is 8.22. The molecule has 0 aliphatic heterocycles. The first kappa shape index (κ1) is 29.8. The van der Waals surface area contributed by atoms with Gasteiger partial charge in [-0.15, -0.1) is 0 Å². The molecule has 0 bridgehead atoms. The van der Waals surface area contributed by atoms with Crippen molar-refractivity contribution < 1.29 is 4.42 Å². The van der Waals surface area contributed by atoms with Crippen molar-refractivity contribution >= 4 is 27.7 Å². The van der Waals surface area contributed by atoms with Crippen molar-refractivity contribution in [1.29, 1.82) is 0 Å². The molecule has 0 spiro atoms. The summed E-state index contributed by atoms with van der Waals surface area (Å²) in [5.41, 5.74) is 11.4. The molecule has 0 saturated heterocycles. The summed E-state index contributed by atoms with van der Waals surface area (Å²) in [6.07, 6.45) is 23.9. The second-order valence-corrected chi connectivity index (χ2v) is 12.5. The highest BCUT2D eigenvalue weighted by molar-refractivity contribution is 6.06. The fourth-order valence-corrected chi connectivity index (χ4v) is 6.98. The molecule has 8 rings (SSSR count). The fraction of sp³-hybridized carbons (Fsp3) is 0.159. The summed E-state index contributed by atoms with van der Waals surface area (Å²) in [4.78, 5) is 15.5. The molecule has 0 fully saturated rings. The first-order valence-corrected chi connectivity index (χ1v) is 16.9. The number of benzene rings is 3. The normalized spacial score (nSPS) is 16.1. The van der Waals surface area contributed by atoms with Crippen molar-refractivity contribution in [3.8, 4) is 11.4 Å². The zero-order valence-electron chi connectivity index (χ0n) is 27.0. The van der Waals surface area contributed by atoms with Crippen molar-refractivity contribution in [3.05, 3.63) is 179 Å². The highest BCUT2D eigenvalue weighted by Gasteiger charge is 2.30. The Hall–Kier alpha value is -5.61. The number of hydrogen-bond donors (Lipinski definition) is 0. The van der Waals surface area contributed by atoms with Gasteiger partial charge in [-0.1, -0.05) is 128 Å². The molecule has 2 heterocycles. The van der Waals surface area contributed by atoms with Crippen LogP contribution in [-0.4, -0.2) is 15.0 Å². The molecule has 3 aliphatic rings. The van der Waals surface area contributed by atoms with Crippen molar-refractivity contribution in [2.24, 2.45) is 0 Å². The van der Waals surface area contributed by atoms with Crippen LogP contribution < -0.4 is 0 Å². The second kappa shape index (κ2) is 13.2. The minimum atomic E-state index is 0.683. The van der Waals surface area contributed by atoms with Crippen molar-refractivity contribution in [1.82, 2.24) is 15.0 Å². The van der Waals surface area contributed by atoms with Crippen LogP contribution >= 0.6 is 0 Å². The number of fused-ring (bicyclic) bond motifs is 3. The maximum atomic E-state index is 6.47. The summed E-state index contributed by atoms with van der Waals surface area (Å²) in [5, 5.41) is 1.09. The van der Waals surface area contributed by atoms with Gasteiger partial charge in [-0.3, -0.25) is 0 Å². The van der Waals surface area contributed by atoms with Gasteiger partial charge in [-0.25, -0.2) is 15.0 Å². The lowest BCUT2D eigenvalue weighted by atomic mass is 9.84. The molecule has 4 heteroatoms. The first-order chi connectivity index (χ1) is 23.7. The summed E-state index contributed by atoms with van der Waals surface area (Å²) < 4.78 is 6.47. The van der Waals surface area contributed by atoms with Crippen LogP contribution in [0, 0.1) is 0 Å². The number of hydrogen-bond acceptors (Lipinski definition) is 4. The minimum absolute atomic E-state index is 0.683. The van der Waals surface area contributed by atoms with E-state index in [2.05, 4.69) is 104 Å². The Balaban J connectivity index is 1.25. The smallest absolute Gasteiger partial charge is 0.165 e. The molecule has 0 radical (unpaired) electrons. The van der Waals surface area contributed by atoms with E-state index < -0.39 is 0 Å². The number of aryl methyl sites for hydroxylation is 1. The zero-order valence-corrected chi connectivity index (χ0v) is 27.0. The van der Waals surface area contributed by atoms with Crippen LogP contribution in [0.15, 0.2) is 150 Å². The van der Waals surface area contributed by atoms with Gasteiger partial charge in [0.15, 0.2) is 17.5 Å². The van der Waals surface area contributed by atoms with E-state index in [0.717, 1.165) is 89.8 Å². The maximum Gasteiger partial charge on any atom is 0.165 e. The van der Waals surface area contributed by atoms with E-state index in [1.54, 1.807) is 0 Å². The molecule has 3 aliphatic carbocycles. The van der Waals surface area contributed by atoms with E-state index in [1.807, 2.05) is 30.3 Å². The predicted molar refractivity (Wildman–Crippen MR) is 197 cm³/mol. The van der Waals surface area contributed by atoms with E-state index in [-0.39, 0.29) is 0 Å². The minimum Gasteiger partial charge on any atom is -0.460 e. The first-order valence-electron chi connectivity index (χ1n) is 16.9. The van der Waals surface area contributed by atoms with Crippen LogP contribution in [0.5, 0.6) is 0 Å². The molecular formula is C44H37N3O. The molecule has 2 aromatic heterocycles. The Labute approximate surface area is 282 Å². The molecular weight excluding hydrogens is 587 g/mol. The van der Waals surface area contributed by atoms with Crippen LogP contribution in [0.25, 0.3) is 39.1 Å². The molecule has 0 saturated carbocycles. The molecule has 5 aromatic rings. The number of nitrogens with zero attached hydrogens (tertiary/aromatic N) is 3. The van der Waals surface area contributed by atoms with Gasteiger partial charge in [0.05, 0.1) is 0 Å². The molecule has 3 aromatic carbocycles. The lowest BCUT2D eigenvalue weighted by molar-refractivity contribution is 0.547. The largest absolute Gasteiger partial charge is 0.460 e. The quantitative estimate of drug-likeness (QED) is 0.173. The third-order valence-corrected chi connectivity index (χ3v) is 9.46. The average Bonchev–Trinajstić information content (AvgIpc) is 3.54. The number of para-hydroxylation sites is 1. The van der Waals surface area contributed by atoms with Crippen molar-refractivity contribution in [2.75, 3.05) is 0 Å². The van der Waals surface area contributed by atoms with E-state index in [4.69, 9.17) is 19.4 Å². The molecule has 48 heavy (non-hydrogen) atoms. The summed E-state index contributed by atoms with van der Waals surface area (Å²) in [6.45, 7) is 4.01. The lowest BCUT2D eigenvalue weighted by Crippen LogP contribution is -2.11. The molecule has 0 N–H and O–H groups in total. The van der Waals surface area contributed by atoms with E-state index in [0.29, 0.717) is 11.6 Å². The number of allylic oxidation sites excluding steroid dienone is 12. The van der Waals surface area contributed by atoms with Crippen LogP contribution in [-0.2, 0) is 12.8 Å². The van der Waals surface area contributed by atoms with Crippen molar-refractivity contribution in [2.45, 2.75) is 44.9 Å². The third kappa shape index (κ3) is 5.86. The summed E-state index contributed by atoms with van der Waals surface area (Å²) in [5.74, 6) is 3.10. The number of furan rings is 1. The second-order valence-electron chi connectivity index (χ2n) is 12.5. The summed E-state index contributed by atoms with van der Waals surface area (Å²) >= 11 is 0. The van der Waals surface area contributed by atoms with Crippen molar-refractivity contribution in [3.63, 3.8) is 0 Å². The summed E-state index contributed by atoms with van der Waals surface area (Å²) in [7, 11) is 0. The van der Waals surface area contributed by atoms with Gasteiger partial charge in [0, 0.05) is 28.5 Å². The molecule has 4 nitrogen and oxygen atoms in total. The van der Waals surface area contributed by atoms with Crippen LogP contribution in [0.3, 0.4) is 0 Å². The topological polar surface area (TPSA) is 51.8 Å². The van der Waals surface area contributed by atoms with Crippen LogP contribution in [0.4, 0.5) is 0 Å². The standard InChI is InChI=1S/C44H37N3O/c1-2-31-15-9-10-16-32(31)21-13-14-30-24-26-33(27-25-30)36-28-29-39-40(37-22-11-12-23-38(37)48-39)41(36)44-46-42(34-17-5-3-6-18-34)45-43(47-44)35-19-7-4-8-20-35/h2-7,10-13,16-19,21-27H,1,8-9,14-15,20,28-29H2/b21-13-. The Morgan fingerprint density at radius 2 is 1.52 bits per heavy atom. The Bertz CT molecular complexity index is 2200. The Morgan fingerprint density at radius 3 is 2.35 bits per heavy atom. The summed E-state index contributed by atoms with van der Waals surface area (Å²) in [6, 6.07) is 27.6. The van der Waals surface area contributed by atoms with Gasteiger partial charge < -0.3 is 4.42 Å². The van der Waals surface area contributed by atoms with Crippen LogP contribution in [0.2, 0.25) is 0 Å². The lowest BCUT2D eigenvalue weighted by Gasteiger charge is -2.21. The fourth-order valence-electron chi connectivity index (χ4n) is 6.98. The Morgan fingerprint density at radius 1 is 0.729 bits per heavy atom. The monoisotopic (exact) mass is 623 g/mol. The maximum absolute atomic E-state index is 6.47. The third-order valence-electron chi connectivity index (χ3n) is 9.46. The number of aromatic nitrogens is 3. The SMILES string of the molecule is C=CC1=C(/C=C\Cc2ccc(C3=C(c4nc(C5=CC=CCC5)nc(-c5ccccc5)n4)c4c(oc5ccccc45)CC3)cc2)C=CCC1. The van der Waals surface area contributed by atoms with Gasteiger partial charge in [0.2, 0.25) is 0 Å². The number of rotatable bonds is 8. The predicted octanol–water partition coefficient (Wildman–Crippen LogP) is 10.9.